The van der Waals surface area contributed by atoms with Gasteiger partial charge in [-0.05, 0) is 42.7 Å². The van der Waals surface area contributed by atoms with Gasteiger partial charge in [-0.1, -0.05) is 44.0 Å². The molecule has 2 aromatic rings. The van der Waals surface area contributed by atoms with Crippen molar-refractivity contribution in [2.75, 3.05) is 4.90 Å². The molecule has 0 radical (unpaired) electrons. The van der Waals surface area contributed by atoms with Crippen molar-refractivity contribution in [3.05, 3.63) is 69.8 Å². The summed E-state index contributed by atoms with van der Waals surface area (Å²) in [4.78, 5) is 49.9. The van der Waals surface area contributed by atoms with Crippen LogP contribution >= 0.6 is 31.9 Å². The molecule has 2 aromatic carbocycles. The van der Waals surface area contributed by atoms with E-state index in [1.54, 1.807) is 18.2 Å². The smallest absolute Gasteiger partial charge is 0.338 e. The van der Waals surface area contributed by atoms with Crippen LogP contribution < -0.4 is 4.90 Å². The van der Waals surface area contributed by atoms with Crippen LogP contribution in [0.3, 0.4) is 0 Å². The maximum Gasteiger partial charge on any atom is 0.338 e. The van der Waals surface area contributed by atoms with Crippen molar-refractivity contribution in [3.8, 4) is 0 Å². The fraction of sp³-hybridized carbons (Fsp3) is 0.318. The molecule has 0 spiro atoms. The van der Waals surface area contributed by atoms with E-state index in [1.165, 1.54) is 35.2 Å². The van der Waals surface area contributed by atoms with Crippen molar-refractivity contribution in [2.24, 2.45) is 11.8 Å². The molecule has 0 N–H and O–H groups in total. The molecule has 32 heavy (non-hydrogen) atoms. The number of hydrogen-bond acceptors (Lipinski definition) is 6. The van der Waals surface area contributed by atoms with Gasteiger partial charge in [-0.15, -0.1) is 0 Å². The van der Waals surface area contributed by atoms with Crippen LogP contribution in [0.25, 0.3) is 0 Å². The van der Waals surface area contributed by atoms with Gasteiger partial charge in [0.1, 0.15) is 6.61 Å². The number of nitro benzene ring substituents is 1. The Hall–Kier alpha value is -2.59. The first kappa shape index (κ1) is 22.6. The summed E-state index contributed by atoms with van der Waals surface area (Å²) >= 11 is 7.14. The molecule has 0 unspecified atom stereocenters. The molecule has 2 fully saturated rings. The van der Waals surface area contributed by atoms with Crippen molar-refractivity contribution in [2.45, 2.75) is 29.1 Å². The van der Waals surface area contributed by atoms with Crippen LogP contribution in [-0.4, -0.2) is 32.4 Å². The molecular weight excluding hydrogens is 548 g/mol. The first-order chi connectivity index (χ1) is 15.3. The molecule has 1 aliphatic carbocycles. The van der Waals surface area contributed by atoms with Crippen LogP contribution in [0.15, 0.2) is 48.5 Å². The molecule has 0 bridgehead atoms. The van der Waals surface area contributed by atoms with Crippen molar-refractivity contribution in [1.82, 2.24) is 0 Å². The third-order valence-corrected chi connectivity index (χ3v) is 8.50. The largest absolute Gasteiger partial charge is 0.457 e. The summed E-state index contributed by atoms with van der Waals surface area (Å²) < 4.78 is 5.24. The van der Waals surface area contributed by atoms with E-state index in [4.69, 9.17) is 4.74 Å². The number of nitrogens with zero attached hydrogens (tertiary/aromatic N) is 2. The van der Waals surface area contributed by atoms with Crippen LogP contribution in [0, 0.1) is 22.0 Å². The number of rotatable bonds is 5. The third-order valence-electron chi connectivity index (χ3n) is 5.76. The molecule has 8 nitrogen and oxygen atoms in total. The van der Waals surface area contributed by atoms with E-state index in [2.05, 4.69) is 31.9 Å². The zero-order chi connectivity index (χ0) is 23.0. The van der Waals surface area contributed by atoms with Crippen LogP contribution in [0.1, 0.15) is 28.8 Å². The van der Waals surface area contributed by atoms with E-state index in [0.717, 1.165) is 0 Å². The average molecular weight is 566 g/mol. The van der Waals surface area contributed by atoms with Gasteiger partial charge < -0.3 is 4.74 Å². The number of fused-ring (bicyclic) bond motifs is 1. The number of nitro groups is 1. The standard InChI is InChI=1S/C22H18Br2N2O6/c23-18-9-16-17(10-19(18)24)21(28)25(20(16)27)14-6-4-13(5-7-14)22(29)32-11-12-2-1-3-15(8-12)26(30)31/h1-8,16-19H,9-11H2/t16-,17+,18-,19-/m0/s1. The number of ether oxygens (including phenoxy) is 1. The van der Waals surface area contributed by atoms with E-state index >= 15 is 0 Å². The molecule has 4 atom stereocenters. The Morgan fingerprint density at radius 3 is 2.19 bits per heavy atom. The summed E-state index contributed by atoms with van der Waals surface area (Å²) in [5, 5.41) is 10.9. The van der Waals surface area contributed by atoms with Gasteiger partial charge in [-0.3, -0.25) is 24.6 Å². The Morgan fingerprint density at radius 2 is 1.62 bits per heavy atom. The Kier molecular flexibility index (Phi) is 6.43. The number of non-ortho nitro benzene ring substituents is 1. The average Bonchev–Trinajstić information content (AvgIpc) is 3.02. The van der Waals surface area contributed by atoms with Gasteiger partial charge in [0, 0.05) is 21.8 Å². The van der Waals surface area contributed by atoms with Crippen molar-refractivity contribution < 1.29 is 24.0 Å². The highest BCUT2D eigenvalue weighted by Gasteiger charge is 2.52. The number of carbonyl (C=O) groups is 3. The molecule has 0 aromatic heterocycles. The lowest BCUT2D eigenvalue weighted by Gasteiger charge is -2.29. The van der Waals surface area contributed by atoms with E-state index in [-0.39, 0.29) is 51.2 Å². The first-order valence-electron chi connectivity index (χ1n) is 9.92. The summed E-state index contributed by atoms with van der Waals surface area (Å²) in [6.07, 6.45) is 1.17. The molecule has 2 aliphatic rings. The number of imide groups is 1. The molecule has 1 saturated carbocycles. The van der Waals surface area contributed by atoms with E-state index < -0.39 is 10.9 Å². The van der Waals surface area contributed by atoms with Crippen LogP contribution in [0.2, 0.25) is 0 Å². The molecule has 4 rings (SSSR count). The second-order valence-electron chi connectivity index (χ2n) is 7.78. The first-order valence-corrected chi connectivity index (χ1v) is 11.8. The van der Waals surface area contributed by atoms with Crippen molar-refractivity contribution in [1.29, 1.82) is 0 Å². The number of esters is 1. The maximum absolute atomic E-state index is 12.9. The maximum atomic E-state index is 12.9. The summed E-state index contributed by atoms with van der Waals surface area (Å²) in [5.74, 6) is -1.74. The van der Waals surface area contributed by atoms with E-state index in [0.29, 0.717) is 24.1 Å². The monoisotopic (exact) mass is 564 g/mol. The topological polar surface area (TPSA) is 107 Å². The van der Waals surface area contributed by atoms with Crippen LogP contribution in [0.4, 0.5) is 11.4 Å². The zero-order valence-electron chi connectivity index (χ0n) is 16.6. The molecule has 1 saturated heterocycles. The van der Waals surface area contributed by atoms with Gasteiger partial charge in [0.15, 0.2) is 0 Å². The van der Waals surface area contributed by atoms with Crippen molar-refractivity contribution in [3.63, 3.8) is 0 Å². The summed E-state index contributed by atoms with van der Waals surface area (Å²) in [6.45, 7) is -0.115. The van der Waals surface area contributed by atoms with Gasteiger partial charge in [-0.2, -0.15) is 0 Å². The second kappa shape index (κ2) is 9.11. The van der Waals surface area contributed by atoms with E-state index in [1.807, 2.05) is 0 Å². The Morgan fingerprint density at radius 1 is 1.03 bits per heavy atom. The normalized spacial score (nSPS) is 24.9. The van der Waals surface area contributed by atoms with Gasteiger partial charge in [0.25, 0.3) is 5.69 Å². The SMILES string of the molecule is O=C(OCc1cccc([N+](=O)[O-])c1)c1ccc(N2C(=O)[C@H]3C[C@H](Br)[C@@H](Br)C[C@H]3C2=O)cc1. The number of amides is 2. The Bertz CT molecular complexity index is 1060. The predicted molar refractivity (Wildman–Crippen MR) is 123 cm³/mol. The highest BCUT2D eigenvalue weighted by molar-refractivity contribution is 9.12. The highest BCUT2D eigenvalue weighted by atomic mass is 79.9. The number of carbonyl (C=O) groups excluding carboxylic acids is 3. The minimum atomic E-state index is -0.611. The lowest BCUT2D eigenvalue weighted by molar-refractivity contribution is -0.384. The summed E-state index contributed by atoms with van der Waals surface area (Å²) in [5.41, 5.74) is 1.08. The quantitative estimate of drug-likeness (QED) is 0.175. The molecular formula is C22H18Br2N2O6. The lowest BCUT2D eigenvalue weighted by atomic mass is 9.81. The number of hydrogen-bond donors (Lipinski definition) is 0. The number of anilines is 1. The van der Waals surface area contributed by atoms with E-state index in [9.17, 15) is 24.5 Å². The predicted octanol–water partition coefficient (Wildman–Crippen LogP) is 4.38. The van der Waals surface area contributed by atoms with Gasteiger partial charge in [0.2, 0.25) is 11.8 Å². The second-order valence-corrected chi connectivity index (χ2v) is 10.1. The third kappa shape index (κ3) is 4.33. The molecule has 166 valence electrons. The van der Waals surface area contributed by atoms with Crippen LogP contribution in [-0.2, 0) is 20.9 Å². The minimum absolute atomic E-state index is 0.0825. The molecule has 2 amide bonds. The van der Waals surface area contributed by atoms with Gasteiger partial charge in [0.05, 0.1) is 28.0 Å². The highest BCUT2D eigenvalue weighted by Crippen LogP contribution is 2.44. The number of benzene rings is 2. The molecule has 10 heteroatoms. The summed E-state index contributed by atoms with van der Waals surface area (Å²) in [7, 11) is 0. The zero-order valence-corrected chi connectivity index (χ0v) is 19.8. The fourth-order valence-electron chi connectivity index (χ4n) is 4.09. The number of alkyl halides is 2. The van der Waals surface area contributed by atoms with Gasteiger partial charge >= 0.3 is 5.97 Å². The number of halogens is 2. The minimum Gasteiger partial charge on any atom is -0.457 e. The molecule has 1 heterocycles. The lowest BCUT2D eigenvalue weighted by Crippen LogP contribution is -2.34. The van der Waals surface area contributed by atoms with Crippen LogP contribution in [0.5, 0.6) is 0 Å². The van der Waals surface area contributed by atoms with Crippen molar-refractivity contribution >= 4 is 61.0 Å². The summed E-state index contributed by atoms with van der Waals surface area (Å²) in [6, 6.07) is 11.9. The molecule has 1 aliphatic heterocycles. The fourth-order valence-corrected chi connectivity index (χ4v) is 5.33. The van der Waals surface area contributed by atoms with Gasteiger partial charge in [-0.25, -0.2) is 4.79 Å². The Labute approximate surface area is 200 Å². The Balaban J connectivity index is 1.43.